The maximum absolute atomic E-state index is 13.0. The van der Waals surface area contributed by atoms with E-state index in [-0.39, 0.29) is 23.2 Å². The van der Waals surface area contributed by atoms with Gasteiger partial charge in [-0.1, -0.05) is 30.5 Å². The van der Waals surface area contributed by atoms with Crippen molar-refractivity contribution < 1.29 is 27.4 Å². The molecular weight excluding hydrogens is 561 g/mol. The molecule has 1 aromatic rings. The molecule has 42 heavy (non-hydrogen) atoms. The molecule has 0 aromatic carbocycles. The van der Waals surface area contributed by atoms with Crippen molar-refractivity contribution in [3.63, 3.8) is 0 Å². The minimum absolute atomic E-state index is 0.190. The van der Waals surface area contributed by atoms with Gasteiger partial charge in [0, 0.05) is 22.9 Å². The molecule has 2 unspecified atom stereocenters. The number of ether oxygens (including phenoxy) is 2. The van der Waals surface area contributed by atoms with E-state index in [1.54, 1.807) is 18.4 Å². The summed E-state index contributed by atoms with van der Waals surface area (Å²) in [6.45, 7) is 9.97. The van der Waals surface area contributed by atoms with Gasteiger partial charge in [-0.3, -0.25) is 9.48 Å². The van der Waals surface area contributed by atoms with Crippen molar-refractivity contribution in [2.45, 2.75) is 88.3 Å². The number of nitrogens with zero attached hydrogens (tertiary/aromatic N) is 2. The molecule has 2 atom stereocenters. The van der Waals surface area contributed by atoms with Crippen molar-refractivity contribution in [3.8, 4) is 0 Å². The number of alkyl halides is 3. The van der Waals surface area contributed by atoms with E-state index in [9.17, 15) is 18.0 Å². The van der Waals surface area contributed by atoms with Gasteiger partial charge in [0.25, 0.3) is 0 Å². The first-order valence-corrected chi connectivity index (χ1v) is 15.5. The van der Waals surface area contributed by atoms with Crippen LogP contribution in [0.2, 0.25) is 0 Å². The molecular formula is C33H37F3N2O3S. The zero-order valence-electron chi connectivity index (χ0n) is 24.0. The standard InChI is InChI=1S/C33H37F3N2O3S/c1-4-14-40-15-12-27-7-5-6-13-32(27)18-26(20-41-32)29-21-42-31(23(29)3)25-10-8-24(9-11-25)17-28(39)19-38-22(2)16-30(37-38)33(34,35)36/h4,15-17,20-21,25,31H,1,3,5-11,13-14,18-19H2,2H3. The van der Waals surface area contributed by atoms with E-state index in [1.807, 2.05) is 18.0 Å². The highest BCUT2D eigenvalue weighted by atomic mass is 32.2. The van der Waals surface area contributed by atoms with Crippen LogP contribution in [-0.4, -0.2) is 33.0 Å². The van der Waals surface area contributed by atoms with E-state index in [0.29, 0.717) is 18.2 Å². The maximum Gasteiger partial charge on any atom is 0.435 e. The molecule has 0 radical (unpaired) electrons. The van der Waals surface area contributed by atoms with Crippen LogP contribution in [0.4, 0.5) is 13.2 Å². The smallest absolute Gasteiger partial charge is 0.435 e. The number of aryl methyl sites for hydroxylation is 1. The molecule has 9 heteroatoms. The summed E-state index contributed by atoms with van der Waals surface area (Å²) in [5.74, 6) is 0.213. The molecule has 3 heterocycles. The Hall–Kier alpha value is -3.16. The molecule has 1 spiro atoms. The zero-order valence-corrected chi connectivity index (χ0v) is 24.8. The highest BCUT2D eigenvalue weighted by molar-refractivity contribution is 8.03. The van der Waals surface area contributed by atoms with E-state index in [1.165, 1.54) is 18.1 Å². The second-order valence-corrected chi connectivity index (χ2v) is 12.6. The fraction of sp³-hybridized carbons (Fsp3) is 0.485. The molecule has 0 saturated heterocycles. The summed E-state index contributed by atoms with van der Waals surface area (Å²) < 4.78 is 51.8. The van der Waals surface area contributed by atoms with Gasteiger partial charge in [0.2, 0.25) is 0 Å². The Balaban J connectivity index is 1.15. The van der Waals surface area contributed by atoms with Crippen molar-refractivity contribution in [1.82, 2.24) is 9.78 Å². The van der Waals surface area contributed by atoms with Gasteiger partial charge in [0.1, 0.15) is 25.0 Å². The van der Waals surface area contributed by atoms with Gasteiger partial charge in [0.15, 0.2) is 11.5 Å². The third kappa shape index (κ3) is 6.57. The monoisotopic (exact) mass is 598 g/mol. The lowest BCUT2D eigenvalue weighted by atomic mass is 9.75. The number of allylic oxidation sites excluding steroid dienone is 3. The van der Waals surface area contributed by atoms with E-state index in [0.717, 1.165) is 85.3 Å². The Morgan fingerprint density at radius 3 is 2.81 bits per heavy atom. The molecule has 0 N–H and O–H groups in total. The van der Waals surface area contributed by atoms with Gasteiger partial charge in [-0.15, -0.1) is 11.8 Å². The van der Waals surface area contributed by atoms with Crippen molar-refractivity contribution in [2.75, 3.05) is 6.61 Å². The van der Waals surface area contributed by atoms with Crippen LogP contribution in [0.5, 0.6) is 0 Å². The predicted molar refractivity (Wildman–Crippen MR) is 158 cm³/mol. The normalized spacial score (nSPS) is 26.0. The van der Waals surface area contributed by atoms with E-state index in [4.69, 9.17) is 9.47 Å². The summed E-state index contributed by atoms with van der Waals surface area (Å²) in [5, 5.41) is 6.09. The number of carbonyl (C=O) groups excluding carboxylic acids is 1. The second-order valence-electron chi connectivity index (χ2n) is 11.5. The number of thioether (sulfide) groups is 1. The number of rotatable bonds is 8. The van der Waals surface area contributed by atoms with Crippen LogP contribution in [0.1, 0.15) is 69.2 Å². The topological polar surface area (TPSA) is 53.4 Å². The van der Waals surface area contributed by atoms with Crippen molar-refractivity contribution in [2.24, 2.45) is 5.92 Å². The summed E-state index contributed by atoms with van der Waals surface area (Å²) in [5.41, 5.74) is 8.05. The first-order valence-electron chi connectivity index (χ1n) is 14.5. The van der Waals surface area contributed by atoms with Crippen LogP contribution in [-0.2, 0) is 27.0 Å². The molecule has 4 aliphatic rings. The van der Waals surface area contributed by atoms with Crippen LogP contribution in [0, 0.1) is 12.8 Å². The lowest BCUT2D eigenvalue weighted by molar-refractivity contribution is -0.141. The van der Waals surface area contributed by atoms with E-state index >= 15 is 0 Å². The predicted octanol–water partition coefficient (Wildman–Crippen LogP) is 8.31. The lowest BCUT2D eigenvalue weighted by Gasteiger charge is -2.34. The van der Waals surface area contributed by atoms with Gasteiger partial charge >= 0.3 is 6.18 Å². The summed E-state index contributed by atoms with van der Waals surface area (Å²) in [7, 11) is 0. The van der Waals surface area contributed by atoms with Crippen LogP contribution >= 0.6 is 11.8 Å². The van der Waals surface area contributed by atoms with Crippen LogP contribution in [0.15, 0.2) is 82.9 Å². The van der Waals surface area contributed by atoms with Crippen LogP contribution in [0.25, 0.3) is 0 Å². The van der Waals surface area contributed by atoms with Crippen LogP contribution < -0.4 is 0 Å². The Morgan fingerprint density at radius 2 is 2.10 bits per heavy atom. The Bertz CT molecular complexity index is 1400. The van der Waals surface area contributed by atoms with Crippen molar-refractivity contribution in [3.05, 3.63) is 94.3 Å². The number of carbonyl (C=O) groups is 1. The second kappa shape index (κ2) is 12.6. The molecule has 224 valence electrons. The number of aromatic nitrogens is 2. The third-order valence-electron chi connectivity index (χ3n) is 8.65. The molecule has 0 amide bonds. The van der Waals surface area contributed by atoms with Gasteiger partial charge in [0.05, 0.1) is 6.26 Å². The average Bonchev–Trinajstić information content (AvgIpc) is 3.65. The fourth-order valence-electron chi connectivity index (χ4n) is 6.40. The Kier molecular flexibility index (Phi) is 9.09. The lowest BCUT2D eigenvalue weighted by Crippen LogP contribution is -2.33. The zero-order chi connectivity index (χ0) is 29.9. The minimum Gasteiger partial charge on any atom is -0.489 e. The quantitative estimate of drug-likeness (QED) is 0.0991. The SMILES string of the molecule is C=CCOC=C=C1CCCCC12CC(C1=CSC(C3CCC(=CC(=O)Cn4nc(C(F)(F)F)cc4C)CC3)C1=C)=CO2. The fourth-order valence-corrected chi connectivity index (χ4v) is 7.77. The molecule has 1 aromatic heterocycles. The average molecular weight is 599 g/mol. The number of hydrogen-bond donors (Lipinski definition) is 0. The summed E-state index contributed by atoms with van der Waals surface area (Å²) in [6.07, 6.45) is 10.8. The third-order valence-corrected chi connectivity index (χ3v) is 9.99. The van der Waals surface area contributed by atoms with E-state index in [2.05, 4.69) is 29.4 Å². The highest BCUT2D eigenvalue weighted by Gasteiger charge is 2.44. The number of ketones is 1. The summed E-state index contributed by atoms with van der Waals surface area (Å²) in [4.78, 5) is 12.6. The minimum atomic E-state index is -4.52. The van der Waals surface area contributed by atoms with Crippen molar-refractivity contribution >= 4 is 17.5 Å². The van der Waals surface area contributed by atoms with Gasteiger partial charge in [-0.25, -0.2) is 0 Å². The summed E-state index contributed by atoms with van der Waals surface area (Å²) >= 11 is 1.82. The maximum atomic E-state index is 13.0. The molecule has 2 aliphatic carbocycles. The van der Waals surface area contributed by atoms with E-state index < -0.39 is 11.9 Å². The summed E-state index contributed by atoms with van der Waals surface area (Å²) in [6, 6.07) is 0.968. The van der Waals surface area contributed by atoms with Gasteiger partial charge in [-0.2, -0.15) is 18.3 Å². The molecule has 2 saturated carbocycles. The largest absolute Gasteiger partial charge is 0.489 e. The van der Waals surface area contributed by atoms with Crippen molar-refractivity contribution in [1.29, 1.82) is 0 Å². The van der Waals surface area contributed by atoms with Gasteiger partial charge < -0.3 is 9.47 Å². The highest BCUT2D eigenvalue weighted by Crippen LogP contribution is 2.51. The first-order chi connectivity index (χ1) is 20.1. The molecule has 5 rings (SSSR count). The molecule has 2 fully saturated rings. The van der Waals surface area contributed by atoms with Gasteiger partial charge in [-0.05, 0) is 98.5 Å². The van der Waals surface area contributed by atoms with Crippen LogP contribution in [0.3, 0.4) is 0 Å². The molecule has 5 nitrogen and oxygen atoms in total. The first kappa shape index (κ1) is 30.3. The number of hydrogen-bond acceptors (Lipinski definition) is 5. The molecule has 0 bridgehead atoms. The number of halogens is 3. The Labute approximate surface area is 249 Å². The Morgan fingerprint density at radius 1 is 1.31 bits per heavy atom. The molecule has 2 aliphatic heterocycles.